The summed E-state index contributed by atoms with van der Waals surface area (Å²) >= 11 is 0. The van der Waals surface area contributed by atoms with Crippen molar-refractivity contribution in [3.63, 3.8) is 0 Å². The number of hydrogen-bond donors (Lipinski definition) is 2. The highest BCUT2D eigenvalue weighted by molar-refractivity contribution is 7.92. The molecule has 6 nitrogen and oxygen atoms in total. The van der Waals surface area contributed by atoms with Crippen LogP contribution < -0.4 is 14.9 Å². The second kappa shape index (κ2) is 9.78. The number of hydrogen-bond acceptors (Lipinski definition) is 3. The van der Waals surface area contributed by atoms with E-state index >= 15 is 0 Å². The van der Waals surface area contributed by atoms with Crippen LogP contribution >= 0.6 is 0 Å². The Labute approximate surface area is 173 Å². The van der Waals surface area contributed by atoms with E-state index in [1.165, 1.54) is 43.4 Å². The van der Waals surface area contributed by atoms with E-state index in [0.717, 1.165) is 12.8 Å². The van der Waals surface area contributed by atoms with Crippen molar-refractivity contribution >= 4 is 27.4 Å². The van der Waals surface area contributed by atoms with E-state index in [1.807, 2.05) is 24.3 Å². The van der Waals surface area contributed by atoms with Crippen molar-refractivity contribution in [1.29, 1.82) is 0 Å². The van der Waals surface area contributed by atoms with Crippen molar-refractivity contribution in [3.8, 4) is 0 Å². The lowest BCUT2D eigenvalue weighted by Gasteiger charge is -2.15. The summed E-state index contributed by atoms with van der Waals surface area (Å²) in [5, 5.41) is 2.73. The van der Waals surface area contributed by atoms with Crippen molar-refractivity contribution in [2.45, 2.75) is 50.3 Å². The van der Waals surface area contributed by atoms with E-state index in [-0.39, 0.29) is 10.9 Å². The fourth-order valence-electron chi connectivity index (χ4n) is 3.41. The van der Waals surface area contributed by atoms with Gasteiger partial charge in [-0.25, -0.2) is 13.2 Å². The van der Waals surface area contributed by atoms with Gasteiger partial charge in [-0.05, 0) is 54.8 Å². The topological polar surface area (TPSA) is 78.5 Å². The Balaban J connectivity index is 1.58. The van der Waals surface area contributed by atoms with Crippen LogP contribution in [0.25, 0.3) is 0 Å². The molecule has 156 valence electrons. The molecule has 0 aliphatic carbocycles. The number of sulfonamides is 1. The molecule has 3 rings (SSSR count). The maximum absolute atomic E-state index is 12.7. The number of anilines is 2. The van der Waals surface area contributed by atoms with Gasteiger partial charge in [-0.3, -0.25) is 9.62 Å². The zero-order valence-corrected chi connectivity index (χ0v) is 17.7. The first-order chi connectivity index (χ1) is 14.0. The zero-order chi connectivity index (χ0) is 20.7. The van der Waals surface area contributed by atoms with Crippen LogP contribution in [-0.4, -0.2) is 27.5 Å². The van der Waals surface area contributed by atoms with Crippen LogP contribution in [0.5, 0.6) is 0 Å². The summed E-state index contributed by atoms with van der Waals surface area (Å²) in [5.41, 5.74) is 2.45. The van der Waals surface area contributed by atoms with Gasteiger partial charge in [-0.2, -0.15) is 0 Å². The third-order valence-corrected chi connectivity index (χ3v) is 6.49. The van der Waals surface area contributed by atoms with Crippen molar-refractivity contribution < 1.29 is 13.2 Å². The maximum Gasteiger partial charge on any atom is 0.321 e. The molecule has 1 aliphatic rings. The van der Waals surface area contributed by atoms with E-state index in [1.54, 1.807) is 17.0 Å². The first kappa shape index (κ1) is 21.2. The lowest BCUT2D eigenvalue weighted by molar-refractivity contribution is 0.252. The minimum Gasteiger partial charge on any atom is -0.336 e. The minimum absolute atomic E-state index is 0.163. The monoisotopic (exact) mass is 415 g/mol. The summed E-state index contributed by atoms with van der Waals surface area (Å²) in [6.45, 7) is 3.38. The fraction of sp³-hybridized carbons (Fsp3) is 0.409. The van der Waals surface area contributed by atoms with Gasteiger partial charge >= 0.3 is 6.03 Å². The number of urea groups is 1. The van der Waals surface area contributed by atoms with Crippen LogP contribution in [0.15, 0.2) is 53.4 Å². The molecule has 2 aromatic carbocycles. The number of carbonyl (C=O) groups excluding carboxylic acids is 1. The molecule has 0 bridgehead atoms. The maximum atomic E-state index is 12.7. The molecule has 1 saturated heterocycles. The van der Waals surface area contributed by atoms with Gasteiger partial charge in [0.05, 0.1) is 4.90 Å². The molecule has 0 atom stereocenters. The van der Waals surface area contributed by atoms with E-state index < -0.39 is 10.0 Å². The molecule has 0 aromatic heterocycles. The van der Waals surface area contributed by atoms with E-state index in [0.29, 0.717) is 24.5 Å². The van der Waals surface area contributed by atoms with Gasteiger partial charge in [-0.15, -0.1) is 0 Å². The molecule has 2 amide bonds. The summed E-state index contributed by atoms with van der Waals surface area (Å²) in [4.78, 5) is 13.5. The first-order valence-electron chi connectivity index (χ1n) is 10.3. The van der Waals surface area contributed by atoms with Gasteiger partial charge in [0.15, 0.2) is 0 Å². The molecule has 0 unspecified atom stereocenters. The third kappa shape index (κ3) is 5.73. The standard InChI is InChI=1S/C22H29N3O3S/c1-2-3-4-5-6-7-18-8-10-19(11-9-18)24-29(27,28)21-14-12-20(13-15-21)25-17-16-23-22(25)26/h8-15,24H,2-7,16-17H2,1H3,(H,23,26). The summed E-state index contributed by atoms with van der Waals surface area (Å²) in [6, 6.07) is 13.8. The molecule has 0 spiro atoms. The Morgan fingerprint density at radius 3 is 2.28 bits per heavy atom. The SMILES string of the molecule is CCCCCCCc1ccc(NS(=O)(=O)c2ccc(N3CCNC3=O)cc2)cc1. The Hall–Kier alpha value is -2.54. The second-order valence-electron chi connectivity index (χ2n) is 7.34. The highest BCUT2D eigenvalue weighted by Crippen LogP contribution is 2.22. The molecule has 2 N–H and O–H groups in total. The van der Waals surface area contributed by atoms with Gasteiger partial charge < -0.3 is 5.32 Å². The van der Waals surface area contributed by atoms with Crippen molar-refractivity contribution in [2.24, 2.45) is 0 Å². The quantitative estimate of drug-likeness (QED) is 0.560. The van der Waals surface area contributed by atoms with Crippen LogP contribution in [0.3, 0.4) is 0 Å². The average Bonchev–Trinajstić information content (AvgIpc) is 3.15. The summed E-state index contributed by atoms with van der Waals surface area (Å²) in [5.74, 6) is 0. The predicted octanol–water partition coefficient (Wildman–Crippen LogP) is 4.53. The summed E-state index contributed by atoms with van der Waals surface area (Å²) in [6.07, 6.45) is 7.21. The largest absolute Gasteiger partial charge is 0.336 e. The van der Waals surface area contributed by atoms with Crippen LogP contribution in [0, 0.1) is 0 Å². The normalized spacial score (nSPS) is 14.1. The van der Waals surface area contributed by atoms with Crippen molar-refractivity contribution in [2.75, 3.05) is 22.7 Å². The van der Waals surface area contributed by atoms with Crippen LogP contribution in [0.2, 0.25) is 0 Å². The Bertz CT molecular complexity index is 909. The number of unbranched alkanes of at least 4 members (excludes halogenated alkanes) is 4. The van der Waals surface area contributed by atoms with Gasteiger partial charge in [0.1, 0.15) is 0 Å². The number of rotatable bonds is 10. The zero-order valence-electron chi connectivity index (χ0n) is 16.9. The van der Waals surface area contributed by atoms with E-state index in [9.17, 15) is 13.2 Å². The van der Waals surface area contributed by atoms with Gasteiger partial charge in [0.2, 0.25) is 0 Å². The Morgan fingerprint density at radius 2 is 1.66 bits per heavy atom. The van der Waals surface area contributed by atoms with E-state index in [2.05, 4.69) is 17.0 Å². The summed E-state index contributed by atoms with van der Waals surface area (Å²) < 4.78 is 27.9. The number of aryl methyl sites for hydroxylation is 1. The minimum atomic E-state index is -3.68. The predicted molar refractivity (Wildman–Crippen MR) is 117 cm³/mol. The number of nitrogens with zero attached hydrogens (tertiary/aromatic N) is 1. The van der Waals surface area contributed by atoms with Crippen molar-refractivity contribution in [3.05, 3.63) is 54.1 Å². The highest BCUT2D eigenvalue weighted by Gasteiger charge is 2.22. The van der Waals surface area contributed by atoms with Crippen LogP contribution in [-0.2, 0) is 16.4 Å². The molecule has 7 heteroatoms. The lowest BCUT2D eigenvalue weighted by atomic mass is 10.1. The van der Waals surface area contributed by atoms with Crippen molar-refractivity contribution in [1.82, 2.24) is 5.32 Å². The third-order valence-electron chi connectivity index (χ3n) is 5.09. The average molecular weight is 416 g/mol. The second-order valence-corrected chi connectivity index (χ2v) is 9.03. The van der Waals surface area contributed by atoms with Gasteiger partial charge in [-0.1, -0.05) is 44.7 Å². The molecule has 2 aromatic rings. The number of benzene rings is 2. The Kier molecular flexibility index (Phi) is 7.14. The molecule has 1 fully saturated rings. The Morgan fingerprint density at radius 1 is 0.966 bits per heavy atom. The molecular formula is C22H29N3O3S. The van der Waals surface area contributed by atoms with E-state index in [4.69, 9.17) is 0 Å². The molecule has 1 aliphatic heterocycles. The molecule has 1 heterocycles. The smallest absolute Gasteiger partial charge is 0.321 e. The first-order valence-corrected chi connectivity index (χ1v) is 11.7. The number of nitrogens with one attached hydrogen (secondary N) is 2. The van der Waals surface area contributed by atoms with Gasteiger partial charge in [0.25, 0.3) is 10.0 Å². The van der Waals surface area contributed by atoms with Gasteiger partial charge in [0, 0.05) is 24.5 Å². The van der Waals surface area contributed by atoms with Crippen LogP contribution in [0.4, 0.5) is 16.2 Å². The van der Waals surface area contributed by atoms with Crippen LogP contribution in [0.1, 0.15) is 44.6 Å². The summed E-state index contributed by atoms with van der Waals surface area (Å²) in [7, 11) is -3.68. The number of carbonyl (C=O) groups is 1. The fourth-order valence-corrected chi connectivity index (χ4v) is 4.47. The molecular weight excluding hydrogens is 386 g/mol. The molecule has 0 radical (unpaired) electrons. The number of amides is 2. The lowest BCUT2D eigenvalue weighted by Crippen LogP contribution is -2.27. The highest BCUT2D eigenvalue weighted by atomic mass is 32.2. The molecule has 0 saturated carbocycles. The molecule has 29 heavy (non-hydrogen) atoms.